The monoisotopic (exact) mass is 146 g/mol. The van der Waals surface area contributed by atoms with Crippen molar-refractivity contribution in [3.63, 3.8) is 0 Å². The van der Waals surface area contributed by atoms with Gasteiger partial charge in [-0.2, -0.15) is 0 Å². The number of allylic oxidation sites excluding steroid dienone is 5. The van der Waals surface area contributed by atoms with Gasteiger partial charge in [-0.05, 0) is 18.2 Å². The van der Waals surface area contributed by atoms with Crippen LogP contribution in [0.2, 0.25) is 0 Å². The van der Waals surface area contributed by atoms with Gasteiger partial charge >= 0.3 is 0 Å². The molecule has 0 fully saturated rings. The third-order valence-corrected chi connectivity index (χ3v) is 1.85. The summed E-state index contributed by atoms with van der Waals surface area (Å²) in [5.41, 5.74) is 6.92. The van der Waals surface area contributed by atoms with Gasteiger partial charge in [0, 0.05) is 12.2 Å². The van der Waals surface area contributed by atoms with E-state index < -0.39 is 0 Å². The predicted molar refractivity (Wildman–Crippen MR) is 45.3 cm³/mol. The minimum Gasteiger partial charge on any atom is -0.385 e. The molecular weight excluding hydrogens is 136 g/mol. The second-order valence-corrected chi connectivity index (χ2v) is 2.58. The summed E-state index contributed by atoms with van der Waals surface area (Å²) in [6.07, 6.45) is 12.1. The van der Waals surface area contributed by atoms with Crippen molar-refractivity contribution in [3.8, 4) is 0 Å². The highest BCUT2D eigenvalue weighted by atomic mass is 15.2. The minimum atomic E-state index is 0.822. The van der Waals surface area contributed by atoms with Gasteiger partial charge in [-0.25, -0.2) is 0 Å². The van der Waals surface area contributed by atoms with Crippen LogP contribution in [0, 0.1) is 0 Å². The van der Waals surface area contributed by atoms with Crippen LogP contribution in [0.25, 0.3) is 0 Å². The largest absolute Gasteiger partial charge is 0.385 e. The Labute approximate surface area is 66.0 Å². The molecule has 0 radical (unpaired) electrons. The van der Waals surface area contributed by atoms with Gasteiger partial charge in [-0.3, -0.25) is 0 Å². The molecule has 2 aliphatic heterocycles. The molecule has 2 nitrogen and oxygen atoms in total. The maximum absolute atomic E-state index is 5.75. The van der Waals surface area contributed by atoms with E-state index in [4.69, 9.17) is 5.73 Å². The summed E-state index contributed by atoms with van der Waals surface area (Å²) in [4.78, 5) is 2.07. The Balaban J connectivity index is 2.37. The molecule has 0 saturated carbocycles. The predicted octanol–water partition coefficient (Wildman–Crippen LogP) is 1.11. The third kappa shape index (κ3) is 0.963. The fourth-order valence-electron chi connectivity index (χ4n) is 1.26. The Morgan fingerprint density at radius 1 is 1.27 bits per heavy atom. The Hall–Kier alpha value is -1.44. The van der Waals surface area contributed by atoms with E-state index in [2.05, 4.69) is 29.2 Å². The number of hydrogen-bond acceptors (Lipinski definition) is 2. The first kappa shape index (κ1) is 6.28. The van der Waals surface area contributed by atoms with Crippen molar-refractivity contribution >= 4 is 0 Å². The Morgan fingerprint density at radius 2 is 2.18 bits per heavy atom. The number of nitrogens with zero attached hydrogens (tertiary/aromatic N) is 1. The fourth-order valence-corrected chi connectivity index (χ4v) is 1.26. The van der Waals surface area contributed by atoms with Gasteiger partial charge in [-0.1, -0.05) is 18.2 Å². The first-order valence-corrected chi connectivity index (χ1v) is 3.66. The van der Waals surface area contributed by atoms with Crippen LogP contribution in [0.5, 0.6) is 0 Å². The van der Waals surface area contributed by atoms with Gasteiger partial charge in [0.1, 0.15) is 5.82 Å². The molecule has 0 aromatic heterocycles. The lowest BCUT2D eigenvalue weighted by Gasteiger charge is -2.28. The van der Waals surface area contributed by atoms with Gasteiger partial charge in [0.25, 0.3) is 0 Å². The molecule has 0 atom stereocenters. The van der Waals surface area contributed by atoms with Crippen molar-refractivity contribution in [1.29, 1.82) is 0 Å². The van der Waals surface area contributed by atoms with E-state index in [-0.39, 0.29) is 0 Å². The molecule has 0 saturated heterocycles. The second-order valence-electron chi connectivity index (χ2n) is 2.58. The number of rotatable bonds is 0. The Morgan fingerprint density at radius 3 is 3.00 bits per heavy atom. The van der Waals surface area contributed by atoms with Crippen LogP contribution < -0.4 is 5.73 Å². The zero-order chi connectivity index (χ0) is 7.68. The summed E-state index contributed by atoms with van der Waals surface area (Å²) in [6, 6.07) is 0. The molecule has 2 aliphatic rings. The van der Waals surface area contributed by atoms with E-state index in [1.54, 1.807) is 0 Å². The molecule has 0 spiro atoms. The molecule has 0 amide bonds. The molecule has 11 heavy (non-hydrogen) atoms. The molecule has 0 unspecified atom stereocenters. The van der Waals surface area contributed by atoms with Crippen LogP contribution in [0.15, 0.2) is 48.0 Å². The number of fused-ring (bicyclic) bond motifs is 1. The standard InChI is InChI=1S/C9H10N2/c10-9-6-3-5-8-4-1-2-7-11(8)9/h1-6H,7,10H2. The maximum Gasteiger partial charge on any atom is 0.103 e. The molecule has 0 bridgehead atoms. The van der Waals surface area contributed by atoms with Crippen molar-refractivity contribution in [1.82, 2.24) is 4.90 Å². The topological polar surface area (TPSA) is 29.3 Å². The number of nitrogens with two attached hydrogens (primary N) is 1. The van der Waals surface area contributed by atoms with Crippen LogP contribution in [0.1, 0.15) is 0 Å². The quantitative estimate of drug-likeness (QED) is 0.554. The highest BCUT2D eigenvalue weighted by Gasteiger charge is 2.11. The zero-order valence-corrected chi connectivity index (χ0v) is 6.20. The van der Waals surface area contributed by atoms with Crippen LogP contribution in [-0.4, -0.2) is 11.4 Å². The van der Waals surface area contributed by atoms with Gasteiger partial charge in [0.2, 0.25) is 0 Å². The van der Waals surface area contributed by atoms with E-state index in [9.17, 15) is 0 Å². The lowest BCUT2D eigenvalue weighted by Crippen LogP contribution is -2.29. The smallest absolute Gasteiger partial charge is 0.103 e. The fraction of sp³-hybridized carbons (Fsp3) is 0.111. The van der Waals surface area contributed by atoms with Crippen molar-refractivity contribution < 1.29 is 0 Å². The van der Waals surface area contributed by atoms with E-state index in [0.29, 0.717) is 0 Å². The third-order valence-electron chi connectivity index (χ3n) is 1.85. The minimum absolute atomic E-state index is 0.822. The first-order valence-electron chi connectivity index (χ1n) is 3.66. The molecular formula is C9H10N2. The molecule has 0 aromatic carbocycles. The normalized spacial score (nSPS) is 20.9. The summed E-state index contributed by atoms with van der Waals surface area (Å²) in [6.45, 7) is 0.887. The van der Waals surface area contributed by atoms with E-state index in [1.165, 1.54) is 5.70 Å². The molecule has 0 aliphatic carbocycles. The molecule has 2 rings (SSSR count). The van der Waals surface area contributed by atoms with Crippen molar-refractivity contribution in [2.24, 2.45) is 5.73 Å². The van der Waals surface area contributed by atoms with Gasteiger partial charge in [-0.15, -0.1) is 0 Å². The number of hydrogen-bond donors (Lipinski definition) is 1. The van der Waals surface area contributed by atoms with Gasteiger partial charge in [0.15, 0.2) is 0 Å². The van der Waals surface area contributed by atoms with E-state index >= 15 is 0 Å². The zero-order valence-electron chi connectivity index (χ0n) is 6.20. The molecule has 0 aromatic rings. The molecule has 56 valence electrons. The molecule has 2 N–H and O–H groups in total. The highest BCUT2D eigenvalue weighted by molar-refractivity contribution is 5.36. The summed E-state index contributed by atoms with van der Waals surface area (Å²) in [5.74, 6) is 0.822. The molecule has 2 heterocycles. The lowest BCUT2D eigenvalue weighted by molar-refractivity contribution is 0.472. The first-order chi connectivity index (χ1) is 5.38. The van der Waals surface area contributed by atoms with Crippen molar-refractivity contribution in [2.75, 3.05) is 6.54 Å². The summed E-state index contributed by atoms with van der Waals surface area (Å²) < 4.78 is 0. The van der Waals surface area contributed by atoms with Crippen LogP contribution in [-0.2, 0) is 0 Å². The van der Waals surface area contributed by atoms with Crippen LogP contribution in [0.4, 0.5) is 0 Å². The Kier molecular flexibility index (Phi) is 1.32. The van der Waals surface area contributed by atoms with Crippen molar-refractivity contribution in [2.45, 2.75) is 0 Å². The highest BCUT2D eigenvalue weighted by Crippen LogP contribution is 2.18. The van der Waals surface area contributed by atoms with Crippen molar-refractivity contribution in [3.05, 3.63) is 48.0 Å². The summed E-state index contributed by atoms with van der Waals surface area (Å²) >= 11 is 0. The van der Waals surface area contributed by atoms with Gasteiger partial charge in [0.05, 0.1) is 0 Å². The van der Waals surface area contributed by atoms with Gasteiger partial charge < -0.3 is 10.6 Å². The van der Waals surface area contributed by atoms with E-state index in [0.717, 1.165) is 12.4 Å². The molecule has 2 heteroatoms. The second kappa shape index (κ2) is 2.31. The SMILES string of the molecule is NC1=CC=CC2=CC=CCN12. The average molecular weight is 146 g/mol. The van der Waals surface area contributed by atoms with Crippen LogP contribution in [0.3, 0.4) is 0 Å². The average Bonchev–Trinajstić information content (AvgIpc) is 2.06. The Bertz CT molecular complexity index is 282. The summed E-state index contributed by atoms with van der Waals surface area (Å²) in [5, 5.41) is 0. The lowest BCUT2D eigenvalue weighted by atomic mass is 10.2. The van der Waals surface area contributed by atoms with Crippen LogP contribution >= 0.6 is 0 Å². The summed E-state index contributed by atoms with van der Waals surface area (Å²) in [7, 11) is 0. The van der Waals surface area contributed by atoms with E-state index in [1.807, 2.05) is 12.2 Å². The maximum atomic E-state index is 5.75.